The molecule has 1 N–H and O–H groups in total. The van der Waals surface area contributed by atoms with Crippen molar-refractivity contribution >= 4 is 27.7 Å². The van der Waals surface area contributed by atoms with E-state index in [9.17, 15) is 27.2 Å². The Morgan fingerprint density at radius 2 is 1.83 bits per heavy atom. The number of hydrogen-bond acceptors (Lipinski definition) is 8. The van der Waals surface area contributed by atoms with Crippen LogP contribution in [0.3, 0.4) is 0 Å². The highest BCUT2D eigenvalue weighted by molar-refractivity contribution is 7.89. The first-order chi connectivity index (χ1) is 20.1. The first kappa shape index (κ1) is 26.8. The van der Waals surface area contributed by atoms with Crippen LogP contribution in [0.2, 0.25) is 0 Å². The van der Waals surface area contributed by atoms with Crippen molar-refractivity contribution in [2.24, 2.45) is 0 Å². The number of fused-ring (bicyclic) bond motifs is 4. The Bertz CT molecular complexity index is 1730. The van der Waals surface area contributed by atoms with Gasteiger partial charge in [0.1, 0.15) is 17.6 Å². The Morgan fingerprint density at radius 1 is 1.07 bits per heavy atom. The summed E-state index contributed by atoms with van der Waals surface area (Å²) in [6.07, 6.45) is 5.19. The molecule has 1 atom stereocenters. The molecule has 0 radical (unpaired) electrons. The van der Waals surface area contributed by atoms with E-state index in [2.05, 4.69) is 15.3 Å². The Hall–Kier alpha value is -4.10. The zero-order valence-corrected chi connectivity index (χ0v) is 23.4. The molecule has 0 unspecified atom stereocenters. The van der Waals surface area contributed by atoms with Gasteiger partial charge in [0, 0.05) is 46.8 Å². The smallest absolute Gasteiger partial charge is 0.282 e. The van der Waals surface area contributed by atoms with Crippen molar-refractivity contribution in [2.45, 2.75) is 55.1 Å². The van der Waals surface area contributed by atoms with Crippen molar-refractivity contribution < 1.29 is 31.9 Å². The Morgan fingerprint density at radius 3 is 2.57 bits per heavy atom. The maximum Gasteiger partial charge on any atom is 0.282 e. The highest BCUT2D eigenvalue weighted by Gasteiger charge is 2.47. The average Bonchev–Trinajstić information content (AvgIpc) is 3.67. The molecule has 0 aliphatic carbocycles. The number of rotatable bonds is 5. The lowest BCUT2D eigenvalue weighted by Gasteiger charge is -2.38. The molecule has 11 nitrogen and oxygen atoms in total. The van der Waals surface area contributed by atoms with E-state index in [0.29, 0.717) is 25.1 Å². The molecule has 218 valence electrons. The lowest BCUT2D eigenvalue weighted by Crippen LogP contribution is -2.52. The van der Waals surface area contributed by atoms with Crippen LogP contribution < -0.4 is 10.1 Å². The van der Waals surface area contributed by atoms with Crippen LogP contribution in [-0.4, -0.2) is 70.9 Å². The third-order valence-corrected chi connectivity index (χ3v) is 10.5. The van der Waals surface area contributed by atoms with Crippen molar-refractivity contribution in [3.05, 3.63) is 76.9 Å². The molecule has 7 rings (SSSR count). The topological polar surface area (TPSA) is 131 Å². The first-order valence-electron chi connectivity index (χ1n) is 13.9. The molecule has 2 fully saturated rings. The van der Waals surface area contributed by atoms with Gasteiger partial charge in [-0.2, -0.15) is 17.6 Å². The fourth-order valence-electron chi connectivity index (χ4n) is 6.56. The molecule has 5 heterocycles. The van der Waals surface area contributed by atoms with Crippen molar-refractivity contribution in [2.75, 3.05) is 19.7 Å². The quantitative estimate of drug-likeness (QED) is 0.445. The summed E-state index contributed by atoms with van der Waals surface area (Å²) < 4.78 is 46.2. The molecule has 1 aromatic heterocycles. The summed E-state index contributed by atoms with van der Waals surface area (Å²) >= 11 is 0. The standard InChI is InChI=1S/C29H28FN5O6S/c30-19-1-3-20(4-2-19)42(39,40)35-15-18(13-31-35)14-33-11-9-29(10-12-33)17-41-26-22-16-34(24-7-8-25(36)32-27(24)37)28(38)21(22)5-6-23(26)29/h1-6,13,15,24H,7-12,14,16-17H2,(H,32,36,37)/t24-/m0/s1. The minimum atomic E-state index is -3.91. The van der Waals surface area contributed by atoms with E-state index in [-0.39, 0.29) is 35.1 Å². The molecule has 13 heteroatoms. The van der Waals surface area contributed by atoms with Gasteiger partial charge in [-0.3, -0.25) is 24.6 Å². The molecule has 2 aromatic carbocycles. The van der Waals surface area contributed by atoms with Crippen LogP contribution in [0.25, 0.3) is 0 Å². The fourth-order valence-corrected chi connectivity index (χ4v) is 7.70. The average molecular weight is 594 g/mol. The van der Waals surface area contributed by atoms with E-state index in [0.717, 1.165) is 64.6 Å². The SMILES string of the molecule is O=C1CC[C@H](N2Cc3c(ccc4c3OCC43CCN(Cc4cnn(S(=O)(=O)c5ccc(F)cc5)c4)CC3)C2=O)C(=O)N1. The van der Waals surface area contributed by atoms with Crippen LogP contribution in [0.4, 0.5) is 4.39 Å². The molecular weight excluding hydrogens is 565 g/mol. The third-order valence-electron chi connectivity index (χ3n) is 8.92. The van der Waals surface area contributed by atoms with Gasteiger partial charge in [-0.05, 0) is 62.7 Å². The summed E-state index contributed by atoms with van der Waals surface area (Å²) in [5.74, 6) is -0.755. The van der Waals surface area contributed by atoms with Crippen LogP contribution >= 0.6 is 0 Å². The summed E-state index contributed by atoms with van der Waals surface area (Å²) in [4.78, 5) is 41.0. The zero-order valence-electron chi connectivity index (χ0n) is 22.6. The van der Waals surface area contributed by atoms with E-state index in [4.69, 9.17) is 4.74 Å². The number of hydrogen-bond donors (Lipinski definition) is 1. The van der Waals surface area contributed by atoms with E-state index in [1.807, 2.05) is 12.1 Å². The maximum atomic E-state index is 13.2. The fraction of sp³-hybridized carbons (Fsp3) is 0.379. The van der Waals surface area contributed by atoms with Crippen molar-refractivity contribution in [1.29, 1.82) is 0 Å². The van der Waals surface area contributed by atoms with Crippen molar-refractivity contribution in [3.8, 4) is 5.75 Å². The number of ether oxygens (including phenoxy) is 1. The number of nitrogens with one attached hydrogen (secondary N) is 1. The molecular formula is C29H28FN5O6S. The van der Waals surface area contributed by atoms with E-state index < -0.39 is 27.8 Å². The Balaban J connectivity index is 1.03. The third kappa shape index (κ3) is 4.29. The molecule has 0 bridgehead atoms. The number of likely N-dealkylation sites (tertiary alicyclic amines) is 1. The molecule has 4 aliphatic heterocycles. The minimum absolute atomic E-state index is 0.0354. The number of piperidine rings is 2. The Kier molecular flexibility index (Phi) is 6.21. The highest BCUT2D eigenvalue weighted by Crippen LogP contribution is 2.49. The summed E-state index contributed by atoms with van der Waals surface area (Å²) in [5.41, 5.74) is 2.99. The summed E-state index contributed by atoms with van der Waals surface area (Å²) in [5, 5.41) is 6.39. The van der Waals surface area contributed by atoms with Gasteiger partial charge in [-0.25, -0.2) is 4.39 Å². The lowest BCUT2D eigenvalue weighted by molar-refractivity contribution is -0.136. The van der Waals surface area contributed by atoms with Gasteiger partial charge < -0.3 is 9.64 Å². The second-order valence-corrected chi connectivity index (χ2v) is 13.2. The number of carbonyl (C=O) groups excluding carboxylic acids is 3. The van der Waals surface area contributed by atoms with Crippen LogP contribution in [0.5, 0.6) is 5.75 Å². The minimum Gasteiger partial charge on any atom is -0.492 e. The number of benzene rings is 2. The number of amides is 3. The normalized spacial score (nSPS) is 21.8. The largest absolute Gasteiger partial charge is 0.492 e. The van der Waals surface area contributed by atoms with Crippen LogP contribution in [0, 0.1) is 5.82 Å². The second-order valence-electron chi connectivity index (χ2n) is 11.4. The molecule has 1 spiro atoms. The number of imide groups is 1. The van der Waals surface area contributed by atoms with Gasteiger partial charge in [0.15, 0.2) is 0 Å². The number of nitrogens with zero attached hydrogens (tertiary/aromatic N) is 4. The lowest BCUT2D eigenvalue weighted by atomic mass is 9.74. The van der Waals surface area contributed by atoms with Gasteiger partial charge in [-0.1, -0.05) is 6.07 Å². The molecule has 4 aliphatic rings. The molecule has 0 saturated carbocycles. The number of aromatic nitrogens is 2. The van der Waals surface area contributed by atoms with Gasteiger partial charge in [0.05, 0.1) is 24.2 Å². The van der Waals surface area contributed by atoms with Crippen LogP contribution in [-0.2, 0) is 38.1 Å². The van der Waals surface area contributed by atoms with Gasteiger partial charge in [0.25, 0.3) is 15.9 Å². The first-order valence-corrected chi connectivity index (χ1v) is 15.3. The molecule has 3 amide bonds. The highest BCUT2D eigenvalue weighted by atomic mass is 32.2. The van der Waals surface area contributed by atoms with E-state index >= 15 is 0 Å². The van der Waals surface area contributed by atoms with E-state index in [1.165, 1.54) is 24.5 Å². The summed E-state index contributed by atoms with van der Waals surface area (Å²) in [6.45, 7) is 2.83. The van der Waals surface area contributed by atoms with Crippen molar-refractivity contribution in [1.82, 2.24) is 24.3 Å². The summed E-state index contributed by atoms with van der Waals surface area (Å²) in [7, 11) is -3.91. The van der Waals surface area contributed by atoms with Crippen LogP contribution in [0.1, 0.15) is 52.7 Å². The molecule has 2 saturated heterocycles. The van der Waals surface area contributed by atoms with Crippen molar-refractivity contribution in [3.63, 3.8) is 0 Å². The maximum absolute atomic E-state index is 13.2. The van der Waals surface area contributed by atoms with Gasteiger partial charge in [-0.15, -0.1) is 0 Å². The van der Waals surface area contributed by atoms with E-state index in [1.54, 1.807) is 4.90 Å². The second kappa shape index (κ2) is 9.73. The predicted octanol–water partition coefficient (Wildman–Crippen LogP) is 1.95. The van der Waals surface area contributed by atoms with Gasteiger partial charge in [0.2, 0.25) is 11.8 Å². The number of halogens is 1. The number of carbonyl (C=O) groups is 3. The zero-order chi connectivity index (χ0) is 29.2. The van der Waals surface area contributed by atoms with Gasteiger partial charge >= 0.3 is 0 Å². The monoisotopic (exact) mass is 593 g/mol. The van der Waals surface area contributed by atoms with Crippen LogP contribution in [0.15, 0.2) is 53.7 Å². The predicted molar refractivity (Wildman–Crippen MR) is 145 cm³/mol. The summed E-state index contributed by atoms with van der Waals surface area (Å²) in [6, 6.07) is 7.78. The molecule has 3 aromatic rings. The molecule has 42 heavy (non-hydrogen) atoms. The Labute approximate surface area is 241 Å².